The molecule has 0 unspecified atom stereocenters. The van der Waals surface area contributed by atoms with E-state index in [-0.39, 0.29) is 6.61 Å². The standard InChI is InChI=1S/C17H22N2OS/c1-2-13-5-7-14(8-6-13)17-18-15(12-21-17)10-19-9-3-4-16(19)11-20/h5-8,12,16,20H,2-4,9-11H2,1H3/t16-/m1/s1. The van der Waals surface area contributed by atoms with Crippen LogP contribution in [0.15, 0.2) is 29.6 Å². The molecule has 3 nitrogen and oxygen atoms in total. The van der Waals surface area contributed by atoms with Crippen LogP contribution < -0.4 is 0 Å². The Morgan fingerprint density at radius 1 is 1.33 bits per heavy atom. The van der Waals surface area contributed by atoms with Crippen LogP contribution in [0, 0.1) is 0 Å². The van der Waals surface area contributed by atoms with Crippen LogP contribution in [0.25, 0.3) is 10.6 Å². The summed E-state index contributed by atoms with van der Waals surface area (Å²) in [5.41, 5.74) is 3.68. The van der Waals surface area contributed by atoms with Gasteiger partial charge in [0.1, 0.15) is 5.01 Å². The number of hydrogen-bond donors (Lipinski definition) is 1. The Morgan fingerprint density at radius 3 is 2.86 bits per heavy atom. The van der Waals surface area contributed by atoms with Crippen molar-refractivity contribution < 1.29 is 5.11 Å². The third-order valence-corrected chi connectivity index (χ3v) is 5.18. The molecule has 2 aromatic rings. The molecule has 1 aromatic heterocycles. The molecule has 1 fully saturated rings. The van der Waals surface area contributed by atoms with Crippen LogP contribution in [0.5, 0.6) is 0 Å². The highest BCUT2D eigenvalue weighted by Gasteiger charge is 2.24. The van der Waals surface area contributed by atoms with Crippen molar-refractivity contribution in [2.45, 2.75) is 38.8 Å². The second-order valence-electron chi connectivity index (χ2n) is 5.64. The molecule has 4 heteroatoms. The van der Waals surface area contributed by atoms with Gasteiger partial charge in [-0.25, -0.2) is 4.98 Å². The largest absolute Gasteiger partial charge is 0.395 e. The first-order chi connectivity index (χ1) is 10.3. The lowest BCUT2D eigenvalue weighted by molar-refractivity contribution is 0.152. The molecule has 0 saturated carbocycles. The Hall–Kier alpha value is -1.23. The van der Waals surface area contributed by atoms with E-state index in [0.29, 0.717) is 6.04 Å². The zero-order chi connectivity index (χ0) is 14.7. The van der Waals surface area contributed by atoms with Crippen molar-refractivity contribution in [2.75, 3.05) is 13.2 Å². The first-order valence-electron chi connectivity index (χ1n) is 7.68. The summed E-state index contributed by atoms with van der Waals surface area (Å²) in [7, 11) is 0. The van der Waals surface area contributed by atoms with Gasteiger partial charge in [-0.15, -0.1) is 11.3 Å². The van der Waals surface area contributed by atoms with E-state index in [0.717, 1.165) is 36.6 Å². The van der Waals surface area contributed by atoms with Crippen molar-refractivity contribution in [1.82, 2.24) is 9.88 Å². The molecule has 2 heterocycles. The predicted octanol–water partition coefficient (Wildman–Crippen LogP) is 3.33. The summed E-state index contributed by atoms with van der Waals surface area (Å²) in [6, 6.07) is 9.00. The van der Waals surface area contributed by atoms with Crippen LogP contribution in [-0.4, -0.2) is 34.2 Å². The molecule has 1 saturated heterocycles. The van der Waals surface area contributed by atoms with Gasteiger partial charge >= 0.3 is 0 Å². The maximum Gasteiger partial charge on any atom is 0.123 e. The number of aliphatic hydroxyl groups is 1. The van der Waals surface area contributed by atoms with E-state index in [1.807, 2.05) is 0 Å². The number of hydrogen-bond acceptors (Lipinski definition) is 4. The smallest absolute Gasteiger partial charge is 0.123 e. The SMILES string of the molecule is CCc1ccc(-c2nc(CN3CCC[C@@H]3CO)cs2)cc1. The summed E-state index contributed by atoms with van der Waals surface area (Å²) in [5.74, 6) is 0. The summed E-state index contributed by atoms with van der Waals surface area (Å²) < 4.78 is 0. The van der Waals surface area contributed by atoms with E-state index in [4.69, 9.17) is 4.98 Å². The third kappa shape index (κ3) is 3.34. The number of aliphatic hydroxyl groups excluding tert-OH is 1. The van der Waals surface area contributed by atoms with Gasteiger partial charge in [-0.2, -0.15) is 0 Å². The van der Waals surface area contributed by atoms with Gasteiger partial charge < -0.3 is 5.11 Å². The number of nitrogens with zero attached hydrogens (tertiary/aromatic N) is 2. The third-order valence-electron chi connectivity index (χ3n) is 4.24. The van der Waals surface area contributed by atoms with Crippen molar-refractivity contribution in [3.8, 4) is 10.6 Å². The van der Waals surface area contributed by atoms with Gasteiger partial charge in [0.25, 0.3) is 0 Å². The minimum Gasteiger partial charge on any atom is -0.395 e. The average molecular weight is 302 g/mol. The summed E-state index contributed by atoms with van der Waals surface area (Å²) >= 11 is 1.71. The molecule has 0 radical (unpaired) electrons. The number of rotatable bonds is 5. The van der Waals surface area contributed by atoms with Crippen molar-refractivity contribution in [3.05, 3.63) is 40.9 Å². The number of aromatic nitrogens is 1. The Kier molecular flexibility index (Phi) is 4.68. The van der Waals surface area contributed by atoms with Crippen molar-refractivity contribution in [3.63, 3.8) is 0 Å². The minimum atomic E-state index is 0.259. The number of aryl methyl sites for hydroxylation is 1. The maximum atomic E-state index is 9.39. The highest BCUT2D eigenvalue weighted by molar-refractivity contribution is 7.13. The predicted molar refractivity (Wildman–Crippen MR) is 87.4 cm³/mol. The molecule has 1 aliphatic heterocycles. The molecule has 0 amide bonds. The lowest BCUT2D eigenvalue weighted by atomic mass is 10.1. The van der Waals surface area contributed by atoms with E-state index in [1.165, 1.54) is 17.5 Å². The molecule has 112 valence electrons. The zero-order valence-electron chi connectivity index (χ0n) is 12.5. The van der Waals surface area contributed by atoms with E-state index in [9.17, 15) is 5.11 Å². The van der Waals surface area contributed by atoms with Crippen LogP contribution in [0.1, 0.15) is 31.0 Å². The second-order valence-corrected chi connectivity index (χ2v) is 6.50. The van der Waals surface area contributed by atoms with Crippen molar-refractivity contribution in [2.24, 2.45) is 0 Å². The van der Waals surface area contributed by atoms with Crippen LogP contribution in [0.4, 0.5) is 0 Å². The van der Waals surface area contributed by atoms with E-state index in [2.05, 4.69) is 41.5 Å². The van der Waals surface area contributed by atoms with Crippen LogP contribution in [0.2, 0.25) is 0 Å². The number of thiazole rings is 1. The van der Waals surface area contributed by atoms with Gasteiger partial charge in [-0.3, -0.25) is 4.90 Å². The molecule has 1 N–H and O–H groups in total. The van der Waals surface area contributed by atoms with Crippen LogP contribution in [-0.2, 0) is 13.0 Å². The number of benzene rings is 1. The Bertz CT molecular complexity index is 579. The Balaban J connectivity index is 1.70. The fraction of sp³-hybridized carbons (Fsp3) is 0.471. The topological polar surface area (TPSA) is 36.4 Å². The quantitative estimate of drug-likeness (QED) is 0.920. The molecular formula is C17H22N2OS. The van der Waals surface area contributed by atoms with Gasteiger partial charge in [0, 0.05) is 23.5 Å². The molecule has 1 atom stereocenters. The summed E-state index contributed by atoms with van der Waals surface area (Å²) in [6.07, 6.45) is 3.35. The normalized spacial score (nSPS) is 19.2. The summed E-state index contributed by atoms with van der Waals surface area (Å²) in [5, 5.41) is 12.6. The molecule has 0 spiro atoms. The second kappa shape index (κ2) is 6.69. The highest BCUT2D eigenvalue weighted by Crippen LogP contribution is 2.26. The van der Waals surface area contributed by atoms with E-state index >= 15 is 0 Å². The van der Waals surface area contributed by atoms with Gasteiger partial charge in [0.2, 0.25) is 0 Å². The Labute approximate surface area is 130 Å². The number of likely N-dealkylation sites (tertiary alicyclic amines) is 1. The summed E-state index contributed by atoms with van der Waals surface area (Å²) in [4.78, 5) is 7.11. The first kappa shape index (κ1) is 14.7. The molecule has 1 aliphatic rings. The fourth-order valence-electron chi connectivity index (χ4n) is 2.91. The molecule has 3 rings (SSSR count). The lowest BCUT2D eigenvalue weighted by Crippen LogP contribution is -2.31. The van der Waals surface area contributed by atoms with E-state index in [1.54, 1.807) is 11.3 Å². The minimum absolute atomic E-state index is 0.259. The van der Waals surface area contributed by atoms with Crippen molar-refractivity contribution in [1.29, 1.82) is 0 Å². The van der Waals surface area contributed by atoms with Gasteiger partial charge in [0.05, 0.1) is 12.3 Å². The molecule has 0 bridgehead atoms. The first-order valence-corrected chi connectivity index (χ1v) is 8.56. The maximum absolute atomic E-state index is 9.39. The van der Waals surface area contributed by atoms with Gasteiger partial charge in [0.15, 0.2) is 0 Å². The molecule has 1 aromatic carbocycles. The van der Waals surface area contributed by atoms with Gasteiger partial charge in [-0.1, -0.05) is 31.2 Å². The Morgan fingerprint density at radius 2 is 2.14 bits per heavy atom. The lowest BCUT2D eigenvalue weighted by Gasteiger charge is -2.21. The summed E-state index contributed by atoms with van der Waals surface area (Å²) in [6.45, 7) is 4.36. The van der Waals surface area contributed by atoms with Gasteiger partial charge in [-0.05, 0) is 31.4 Å². The van der Waals surface area contributed by atoms with E-state index < -0.39 is 0 Å². The van der Waals surface area contributed by atoms with Crippen LogP contribution >= 0.6 is 11.3 Å². The molecule has 21 heavy (non-hydrogen) atoms. The molecular weight excluding hydrogens is 280 g/mol. The average Bonchev–Trinajstić information content (AvgIpc) is 3.17. The highest BCUT2D eigenvalue weighted by atomic mass is 32.1. The van der Waals surface area contributed by atoms with Crippen LogP contribution in [0.3, 0.4) is 0 Å². The zero-order valence-corrected chi connectivity index (χ0v) is 13.3. The van der Waals surface area contributed by atoms with Crippen molar-refractivity contribution >= 4 is 11.3 Å². The fourth-order valence-corrected chi connectivity index (χ4v) is 3.73. The molecule has 0 aliphatic carbocycles. The monoisotopic (exact) mass is 302 g/mol.